The average Bonchev–Trinajstić information content (AvgIpc) is 2.63. The number of ether oxygens (including phenoxy) is 1. The molecule has 3 heterocycles. The van der Waals surface area contributed by atoms with Gasteiger partial charge in [0.25, 0.3) is 0 Å². The van der Waals surface area contributed by atoms with Crippen LogP contribution >= 0.6 is 0 Å². The summed E-state index contributed by atoms with van der Waals surface area (Å²) < 4.78 is 5.96. The number of morpholine rings is 1. The Labute approximate surface area is 146 Å². The summed E-state index contributed by atoms with van der Waals surface area (Å²) >= 11 is 0. The van der Waals surface area contributed by atoms with Gasteiger partial charge in [-0.2, -0.15) is 0 Å². The maximum absolute atomic E-state index is 12.6. The highest BCUT2D eigenvalue weighted by Gasteiger charge is 2.30. The molecule has 3 aliphatic heterocycles. The number of carbonyl (C=O) groups excluding carboxylic acids is 1. The summed E-state index contributed by atoms with van der Waals surface area (Å²) in [5.41, 5.74) is 0. The van der Waals surface area contributed by atoms with Crippen LogP contribution in [0, 0.1) is 5.92 Å². The van der Waals surface area contributed by atoms with Crippen LogP contribution in [0.5, 0.6) is 0 Å². The monoisotopic (exact) mass is 338 g/mol. The Morgan fingerprint density at radius 1 is 1.12 bits per heavy atom. The van der Waals surface area contributed by atoms with E-state index in [-0.39, 0.29) is 5.92 Å². The molecule has 1 atom stereocenters. The van der Waals surface area contributed by atoms with Crippen LogP contribution in [0.2, 0.25) is 0 Å². The standard InChI is InChI=1S/C18H34N4O2/c1-15(2)22-11-12-24-17(14-22)13-20-7-9-21(10-8-20)18(23)16-3-5-19-6-4-16/h15-17,19H,3-14H2,1-2H3. The van der Waals surface area contributed by atoms with Gasteiger partial charge in [-0.25, -0.2) is 0 Å². The normalized spacial score (nSPS) is 28.5. The van der Waals surface area contributed by atoms with Crippen LogP contribution < -0.4 is 5.32 Å². The molecule has 6 heteroatoms. The zero-order valence-electron chi connectivity index (χ0n) is 15.4. The Hall–Kier alpha value is -0.690. The summed E-state index contributed by atoms with van der Waals surface area (Å²) in [6.07, 6.45) is 2.31. The first kappa shape index (κ1) is 18.1. The smallest absolute Gasteiger partial charge is 0.225 e. The lowest BCUT2D eigenvalue weighted by Gasteiger charge is -2.41. The number of hydrogen-bond acceptors (Lipinski definition) is 5. The van der Waals surface area contributed by atoms with Crippen molar-refractivity contribution in [3.8, 4) is 0 Å². The molecule has 0 spiro atoms. The van der Waals surface area contributed by atoms with Gasteiger partial charge in [-0.15, -0.1) is 0 Å². The highest BCUT2D eigenvalue weighted by Crippen LogP contribution is 2.17. The first-order valence-corrected chi connectivity index (χ1v) is 9.71. The van der Waals surface area contributed by atoms with Gasteiger partial charge in [-0.05, 0) is 39.8 Å². The van der Waals surface area contributed by atoms with Crippen molar-refractivity contribution in [2.24, 2.45) is 5.92 Å². The minimum absolute atomic E-state index is 0.249. The van der Waals surface area contributed by atoms with E-state index in [4.69, 9.17) is 4.74 Å². The molecule has 1 N–H and O–H groups in total. The predicted molar refractivity (Wildman–Crippen MR) is 95.1 cm³/mol. The van der Waals surface area contributed by atoms with Gasteiger partial charge in [0.1, 0.15) is 0 Å². The van der Waals surface area contributed by atoms with Crippen LogP contribution in [0.1, 0.15) is 26.7 Å². The van der Waals surface area contributed by atoms with Gasteiger partial charge < -0.3 is 15.0 Å². The lowest BCUT2D eigenvalue weighted by molar-refractivity contribution is -0.138. The predicted octanol–water partition coefficient (Wildman–Crippen LogP) is 0.239. The number of nitrogens with one attached hydrogen (secondary N) is 1. The van der Waals surface area contributed by atoms with Gasteiger partial charge >= 0.3 is 0 Å². The van der Waals surface area contributed by atoms with Crippen molar-refractivity contribution in [3.63, 3.8) is 0 Å². The Morgan fingerprint density at radius 3 is 2.50 bits per heavy atom. The highest BCUT2D eigenvalue weighted by atomic mass is 16.5. The van der Waals surface area contributed by atoms with Crippen molar-refractivity contribution in [1.82, 2.24) is 20.0 Å². The van der Waals surface area contributed by atoms with E-state index >= 15 is 0 Å². The van der Waals surface area contributed by atoms with Crippen LogP contribution in [0.4, 0.5) is 0 Å². The molecule has 138 valence electrons. The zero-order valence-corrected chi connectivity index (χ0v) is 15.4. The van der Waals surface area contributed by atoms with Crippen LogP contribution in [0.3, 0.4) is 0 Å². The number of hydrogen-bond donors (Lipinski definition) is 1. The third-order valence-corrected chi connectivity index (χ3v) is 5.73. The Morgan fingerprint density at radius 2 is 1.83 bits per heavy atom. The van der Waals surface area contributed by atoms with E-state index in [1.165, 1.54) is 0 Å². The van der Waals surface area contributed by atoms with Gasteiger partial charge in [0.05, 0.1) is 12.7 Å². The summed E-state index contributed by atoms with van der Waals surface area (Å²) in [4.78, 5) is 19.7. The molecular formula is C18H34N4O2. The van der Waals surface area contributed by atoms with E-state index in [2.05, 4.69) is 33.9 Å². The van der Waals surface area contributed by atoms with Gasteiger partial charge in [0, 0.05) is 57.8 Å². The van der Waals surface area contributed by atoms with Crippen molar-refractivity contribution in [2.75, 3.05) is 65.5 Å². The van der Waals surface area contributed by atoms with Crippen molar-refractivity contribution in [1.29, 1.82) is 0 Å². The summed E-state index contributed by atoms with van der Waals surface area (Å²) in [6.45, 7) is 14.1. The number of rotatable bonds is 4. The van der Waals surface area contributed by atoms with Crippen LogP contribution in [0.25, 0.3) is 0 Å². The second kappa shape index (κ2) is 8.61. The van der Waals surface area contributed by atoms with Crippen molar-refractivity contribution in [3.05, 3.63) is 0 Å². The molecule has 3 aliphatic rings. The molecule has 3 fully saturated rings. The largest absolute Gasteiger partial charge is 0.374 e. The van der Waals surface area contributed by atoms with E-state index in [0.29, 0.717) is 18.1 Å². The molecule has 6 nitrogen and oxygen atoms in total. The highest BCUT2D eigenvalue weighted by molar-refractivity contribution is 5.79. The number of piperazine rings is 1. The molecular weight excluding hydrogens is 304 g/mol. The third kappa shape index (κ3) is 4.69. The third-order valence-electron chi connectivity index (χ3n) is 5.73. The molecule has 0 saturated carbocycles. The van der Waals surface area contributed by atoms with E-state index in [9.17, 15) is 4.79 Å². The van der Waals surface area contributed by atoms with E-state index in [1.54, 1.807) is 0 Å². The van der Waals surface area contributed by atoms with E-state index < -0.39 is 0 Å². The quantitative estimate of drug-likeness (QED) is 0.796. The Kier molecular flexibility index (Phi) is 6.49. The molecule has 0 aromatic rings. The number of nitrogens with zero attached hydrogens (tertiary/aromatic N) is 3. The SMILES string of the molecule is CC(C)N1CCOC(CN2CCN(C(=O)C3CCNCC3)CC2)C1. The van der Waals surface area contributed by atoms with Gasteiger partial charge in [0.15, 0.2) is 0 Å². The van der Waals surface area contributed by atoms with Crippen LogP contribution in [0.15, 0.2) is 0 Å². The fourth-order valence-electron chi connectivity index (χ4n) is 4.09. The number of carbonyl (C=O) groups is 1. The lowest BCUT2D eigenvalue weighted by atomic mass is 9.96. The fraction of sp³-hybridized carbons (Fsp3) is 0.944. The minimum Gasteiger partial charge on any atom is -0.374 e. The molecule has 0 bridgehead atoms. The van der Waals surface area contributed by atoms with Gasteiger partial charge in [-0.1, -0.05) is 0 Å². The van der Waals surface area contributed by atoms with Crippen molar-refractivity contribution >= 4 is 5.91 Å². The molecule has 3 rings (SSSR count). The topological polar surface area (TPSA) is 48.1 Å². The fourth-order valence-corrected chi connectivity index (χ4v) is 4.09. The molecule has 0 radical (unpaired) electrons. The second-order valence-corrected chi connectivity index (χ2v) is 7.73. The number of piperidine rings is 1. The summed E-state index contributed by atoms with van der Waals surface area (Å²) in [6, 6.07) is 0.593. The molecule has 0 aromatic heterocycles. The number of amides is 1. The zero-order chi connectivity index (χ0) is 16.9. The Balaban J connectivity index is 1.41. The van der Waals surface area contributed by atoms with Crippen molar-refractivity contribution < 1.29 is 9.53 Å². The first-order valence-electron chi connectivity index (χ1n) is 9.71. The molecule has 1 unspecified atom stereocenters. The van der Waals surface area contributed by atoms with Crippen LogP contribution in [-0.2, 0) is 9.53 Å². The second-order valence-electron chi connectivity index (χ2n) is 7.73. The maximum Gasteiger partial charge on any atom is 0.225 e. The molecule has 0 aliphatic carbocycles. The van der Waals surface area contributed by atoms with Crippen LogP contribution in [-0.4, -0.2) is 98.3 Å². The molecule has 0 aromatic carbocycles. The summed E-state index contributed by atoms with van der Waals surface area (Å²) in [7, 11) is 0. The van der Waals surface area contributed by atoms with Crippen molar-refractivity contribution in [2.45, 2.75) is 38.8 Å². The maximum atomic E-state index is 12.6. The molecule has 3 saturated heterocycles. The average molecular weight is 338 g/mol. The van der Waals surface area contributed by atoms with E-state index in [0.717, 1.165) is 78.4 Å². The van der Waals surface area contributed by atoms with Gasteiger partial charge in [-0.3, -0.25) is 14.6 Å². The summed E-state index contributed by atoms with van der Waals surface area (Å²) in [5, 5.41) is 3.34. The van der Waals surface area contributed by atoms with E-state index in [1.807, 2.05) is 0 Å². The molecule has 24 heavy (non-hydrogen) atoms. The molecule has 1 amide bonds. The first-order chi connectivity index (χ1) is 11.6. The Bertz CT molecular complexity index is 404. The lowest BCUT2D eigenvalue weighted by Crippen LogP contribution is -2.55. The summed E-state index contributed by atoms with van der Waals surface area (Å²) in [5.74, 6) is 0.634. The minimum atomic E-state index is 0.249. The van der Waals surface area contributed by atoms with Gasteiger partial charge in [0.2, 0.25) is 5.91 Å².